The van der Waals surface area contributed by atoms with Gasteiger partial charge in [-0.25, -0.2) is 0 Å². The molecule has 50 valence electrons. The smallest absolute Gasteiger partial charge is 0.101 e. The minimum absolute atomic E-state index is 1.06. The van der Waals surface area contributed by atoms with Crippen LogP contribution in [0.25, 0.3) is 0 Å². The topological polar surface area (TPSA) is 0 Å². The largest absolute Gasteiger partial charge is 0.107 e. The molecule has 0 heterocycles. The Bertz CT molecular complexity index is 117. The van der Waals surface area contributed by atoms with Gasteiger partial charge in [-0.05, 0) is 6.04 Å². The van der Waals surface area contributed by atoms with Gasteiger partial charge < -0.3 is 0 Å². The van der Waals surface area contributed by atoms with Crippen molar-refractivity contribution in [3.8, 4) is 0 Å². The molecule has 0 bridgehead atoms. The number of hydrogen-bond acceptors (Lipinski definition) is 0. The van der Waals surface area contributed by atoms with Crippen LogP contribution in [0.5, 0.6) is 0 Å². The molecule has 0 aliphatic heterocycles. The first kappa shape index (κ1) is 8.44. The standard InChI is InChI=1S/C8H14Si/c1-5-8-9(4,6-2)7-3/h5-7H,1-3,8H2,4H3. The molecular formula is C8H14Si. The Labute approximate surface area is 58.6 Å². The molecule has 0 nitrogen and oxygen atoms in total. The highest BCUT2D eigenvalue weighted by Crippen LogP contribution is 2.11. The molecule has 0 atom stereocenters. The fraction of sp³-hybridized carbons (Fsp3) is 0.250. The molecule has 0 amide bonds. The third-order valence-electron chi connectivity index (χ3n) is 1.52. The first-order valence-corrected chi connectivity index (χ1v) is 5.93. The monoisotopic (exact) mass is 138 g/mol. The van der Waals surface area contributed by atoms with Crippen LogP contribution in [0, 0.1) is 0 Å². The van der Waals surface area contributed by atoms with Crippen molar-refractivity contribution in [1.82, 2.24) is 0 Å². The molecule has 0 aliphatic carbocycles. The fourth-order valence-corrected chi connectivity index (χ4v) is 1.68. The van der Waals surface area contributed by atoms with Crippen molar-refractivity contribution in [2.75, 3.05) is 0 Å². The van der Waals surface area contributed by atoms with Gasteiger partial charge in [-0.1, -0.05) is 24.0 Å². The molecule has 0 unspecified atom stereocenters. The third kappa shape index (κ3) is 2.47. The summed E-state index contributed by atoms with van der Waals surface area (Å²) in [6, 6.07) is 1.06. The highest BCUT2D eigenvalue weighted by atomic mass is 28.3. The van der Waals surface area contributed by atoms with Gasteiger partial charge in [0.25, 0.3) is 0 Å². The van der Waals surface area contributed by atoms with Crippen LogP contribution in [0.3, 0.4) is 0 Å². The molecule has 0 spiro atoms. The van der Waals surface area contributed by atoms with Crippen LogP contribution in [-0.2, 0) is 0 Å². The van der Waals surface area contributed by atoms with E-state index in [-0.39, 0.29) is 0 Å². The Hall–Kier alpha value is -0.563. The van der Waals surface area contributed by atoms with E-state index in [1.807, 2.05) is 17.5 Å². The average Bonchev–Trinajstić information content (AvgIpc) is 1.89. The molecule has 0 radical (unpaired) electrons. The van der Waals surface area contributed by atoms with Crippen molar-refractivity contribution in [3.63, 3.8) is 0 Å². The highest BCUT2D eigenvalue weighted by molar-refractivity contribution is 6.88. The lowest BCUT2D eigenvalue weighted by Gasteiger charge is -2.14. The van der Waals surface area contributed by atoms with Crippen molar-refractivity contribution in [1.29, 1.82) is 0 Å². The normalized spacial score (nSPS) is 10.3. The van der Waals surface area contributed by atoms with Gasteiger partial charge in [-0.3, -0.25) is 0 Å². The molecule has 0 fully saturated rings. The summed E-state index contributed by atoms with van der Waals surface area (Å²) in [5, 5.41) is 0. The number of rotatable bonds is 4. The predicted octanol–water partition coefficient (Wildman–Crippen LogP) is 2.70. The Balaban J connectivity index is 4.06. The Morgan fingerprint density at radius 2 is 1.67 bits per heavy atom. The van der Waals surface area contributed by atoms with Gasteiger partial charge in [0, 0.05) is 0 Å². The number of allylic oxidation sites excluding steroid dienone is 1. The van der Waals surface area contributed by atoms with Crippen molar-refractivity contribution in [2.24, 2.45) is 0 Å². The van der Waals surface area contributed by atoms with Crippen LogP contribution in [0.15, 0.2) is 37.2 Å². The first-order chi connectivity index (χ1) is 4.18. The lowest BCUT2D eigenvalue weighted by atomic mass is 10.8. The third-order valence-corrected chi connectivity index (χ3v) is 4.55. The van der Waals surface area contributed by atoms with E-state index in [9.17, 15) is 0 Å². The quantitative estimate of drug-likeness (QED) is 0.414. The van der Waals surface area contributed by atoms with Crippen LogP contribution >= 0.6 is 0 Å². The van der Waals surface area contributed by atoms with Gasteiger partial charge in [0.05, 0.1) is 0 Å². The Morgan fingerprint density at radius 1 is 1.22 bits per heavy atom. The molecule has 0 rings (SSSR count). The average molecular weight is 138 g/mol. The van der Waals surface area contributed by atoms with E-state index in [0.29, 0.717) is 0 Å². The van der Waals surface area contributed by atoms with E-state index in [1.54, 1.807) is 0 Å². The maximum Gasteiger partial charge on any atom is 0.101 e. The van der Waals surface area contributed by atoms with Gasteiger partial charge in [0.2, 0.25) is 0 Å². The maximum atomic E-state index is 3.76. The summed E-state index contributed by atoms with van der Waals surface area (Å²) in [4.78, 5) is 0. The van der Waals surface area contributed by atoms with Gasteiger partial charge in [0.15, 0.2) is 0 Å². The van der Waals surface area contributed by atoms with Gasteiger partial charge >= 0.3 is 0 Å². The second-order valence-electron chi connectivity index (χ2n) is 2.41. The summed E-state index contributed by atoms with van der Waals surface area (Å²) >= 11 is 0. The summed E-state index contributed by atoms with van der Waals surface area (Å²) in [6.07, 6.45) is 1.94. The van der Waals surface area contributed by atoms with Crippen LogP contribution in [0.1, 0.15) is 0 Å². The second kappa shape index (κ2) is 3.46. The minimum atomic E-state index is -1.29. The number of hydrogen-bond donors (Lipinski definition) is 0. The highest BCUT2D eigenvalue weighted by Gasteiger charge is 2.15. The van der Waals surface area contributed by atoms with Crippen LogP contribution in [0.4, 0.5) is 0 Å². The van der Waals surface area contributed by atoms with E-state index in [0.717, 1.165) is 6.04 Å². The first-order valence-electron chi connectivity index (χ1n) is 3.06. The lowest BCUT2D eigenvalue weighted by molar-refractivity contribution is 1.60. The van der Waals surface area contributed by atoms with E-state index < -0.39 is 8.07 Å². The van der Waals surface area contributed by atoms with Crippen molar-refractivity contribution >= 4 is 8.07 Å². The van der Waals surface area contributed by atoms with E-state index >= 15 is 0 Å². The van der Waals surface area contributed by atoms with E-state index in [2.05, 4.69) is 26.3 Å². The fourth-order valence-electron chi connectivity index (χ4n) is 0.561. The van der Waals surface area contributed by atoms with Gasteiger partial charge in [-0.2, -0.15) is 0 Å². The summed E-state index contributed by atoms with van der Waals surface area (Å²) < 4.78 is 0. The minimum Gasteiger partial charge on any atom is -0.107 e. The zero-order valence-corrected chi connectivity index (χ0v) is 7.06. The van der Waals surface area contributed by atoms with Crippen molar-refractivity contribution < 1.29 is 0 Å². The van der Waals surface area contributed by atoms with Gasteiger partial charge in [-0.15, -0.1) is 19.7 Å². The zero-order chi connectivity index (χ0) is 7.33. The van der Waals surface area contributed by atoms with E-state index in [1.165, 1.54) is 0 Å². The molecule has 0 aromatic heterocycles. The molecule has 0 saturated carbocycles. The summed E-state index contributed by atoms with van der Waals surface area (Å²) in [6.45, 7) is 13.4. The Kier molecular flexibility index (Phi) is 3.24. The summed E-state index contributed by atoms with van der Waals surface area (Å²) in [5.74, 6) is 0. The van der Waals surface area contributed by atoms with Crippen molar-refractivity contribution in [3.05, 3.63) is 37.2 Å². The lowest BCUT2D eigenvalue weighted by Crippen LogP contribution is -2.22. The molecule has 0 N–H and O–H groups in total. The maximum absolute atomic E-state index is 3.76. The second-order valence-corrected chi connectivity index (χ2v) is 6.64. The summed E-state index contributed by atoms with van der Waals surface area (Å²) in [5.41, 5.74) is 4.06. The molecular weight excluding hydrogens is 124 g/mol. The molecule has 1 heteroatoms. The molecule has 0 aromatic rings. The Morgan fingerprint density at radius 3 is 1.78 bits per heavy atom. The molecule has 0 aromatic carbocycles. The predicted molar refractivity (Wildman–Crippen MR) is 47.0 cm³/mol. The molecule has 0 saturated heterocycles. The summed E-state index contributed by atoms with van der Waals surface area (Å²) in [7, 11) is -1.29. The van der Waals surface area contributed by atoms with E-state index in [4.69, 9.17) is 0 Å². The zero-order valence-electron chi connectivity index (χ0n) is 6.06. The van der Waals surface area contributed by atoms with Crippen LogP contribution in [0.2, 0.25) is 12.6 Å². The molecule has 9 heavy (non-hydrogen) atoms. The van der Waals surface area contributed by atoms with Crippen LogP contribution < -0.4 is 0 Å². The van der Waals surface area contributed by atoms with Gasteiger partial charge in [0.1, 0.15) is 8.07 Å². The van der Waals surface area contributed by atoms with Crippen LogP contribution in [-0.4, -0.2) is 8.07 Å². The SMILES string of the molecule is C=CC[Si](C)(C=C)C=C. The molecule has 0 aliphatic rings. The van der Waals surface area contributed by atoms with Crippen molar-refractivity contribution in [2.45, 2.75) is 12.6 Å².